The first kappa shape index (κ1) is 17.9. The quantitative estimate of drug-likeness (QED) is 0.671. The summed E-state index contributed by atoms with van der Waals surface area (Å²) in [6, 6.07) is 9.44. The second-order valence-corrected chi connectivity index (χ2v) is 6.60. The second-order valence-electron chi connectivity index (χ2n) is 6.60. The van der Waals surface area contributed by atoms with Crippen molar-refractivity contribution in [1.82, 2.24) is 14.7 Å². The average molecular weight is 329 g/mol. The van der Waals surface area contributed by atoms with Gasteiger partial charge in [-0.1, -0.05) is 18.2 Å². The maximum Gasteiger partial charge on any atom is 0.294 e. The van der Waals surface area contributed by atoms with Crippen LogP contribution in [0.1, 0.15) is 35.6 Å². The van der Waals surface area contributed by atoms with Gasteiger partial charge in [-0.2, -0.15) is 5.10 Å². The van der Waals surface area contributed by atoms with Gasteiger partial charge in [-0.25, -0.2) is 4.68 Å². The Labute approximate surface area is 141 Å². The topological polar surface area (TPSA) is 75.4 Å². The Kier molecular flexibility index (Phi) is 4.89. The fourth-order valence-electron chi connectivity index (χ4n) is 2.72. The summed E-state index contributed by atoms with van der Waals surface area (Å²) in [4.78, 5) is 26.3. The van der Waals surface area contributed by atoms with E-state index in [4.69, 9.17) is 0 Å². The van der Waals surface area contributed by atoms with Gasteiger partial charge in [-0.05, 0) is 39.8 Å². The summed E-state index contributed by atoms with van der Waals surface area (Å²) >= 11 is 0. The molecule has 0 fully saturated rings. The third-order valence-electron chi connectivity index (χ3n) is 3.68. The van der Waals surface area contributed by atoms with Crippen LogP contribution in [0, 0.1) is 13.8 Å². The standard InChI is InChI=1S/C18H23N3O3/c1-12-15(16(22)17(23)20(5)11-18(3,4)24)13(2)21(19-12)14-9-7-6-8-10-14/h6-10,24H,11H2,1-5H3. The van der Waals surface area contributed by atoms with E-state index >= 15 is 0 Å². The maximum absolute atomic E-state index is 12.6. The van der Waals surface area contributed by atoms with Crippen LogP contribution in [0.5, 0.6) is 0 Å². The largest absolute Gasteiger partial charge is 0.389 e. The molecule has 1 aromatic heterocycles. The molecule has 6 nitrogen and oxygen atoms in total. The Balaban J connectivity index is 2.34. The first-order valence-corrected chi connectivity index (χ1v) is 7.75. The van der Waals surface area contributed by atoms with Crippen LogP contribution in [0.2, 0.25) is 0 Å². The number of nitrogens with zero attached hydrogens (tertiary/aromatic N) is 3. The van der Waals surface area contributed by atoms with Crippen molar-refractivity contribution >= 4 is 11.7 Å². The number of aliphatic hydroxyl groups is 1. The molecule has 0 atom stereocenters. The summed E-state index contributed by atoms with van der Waals surface area (Å²) in [6.07, 6.45) is 0. The van der Waals surface area contributed by atoms with Gasteiger partial charge in [0.1, 0.15) is 0 Å². The van der Waals surface area contributed by atoms with Gasteiger partial charge < -0.3 is 10.0 Å². The molecule has 0 aliphatic rings. The van der Waals surface area contributed by atoms with Gasteiger partial charge in [0.2, 0.25) is 0 Å². The van der Waals surface area contributed by atoms with Crippen LogP contribution in [-0.2, 0) is 4.79 Å². The zero-order valence-electron chi connectivity index (χ0n) is 14.7. The molecule has 0 saturated carbocycles. The summed E-state index contributed by atoms with van der Waals surface area (Å²) in [5, 5.41) is 14.2. The van der Waals surface area contributed by atoms with E-state index in [0.29, 0.717) is 17.0 Å². The van der Waals surface area contributed by atoms with Crippen molar-refractivity contribution in [3.05, 3.63) is 47.3 Å². The van der Waals surface area contributed by atoms with Crippen LogP contribution in [-0.4, -0.2) is 50.7 Å². The fourth-order valence-corrected chi connectivity index (χ4v) is 2.72. The molecule has 0 spiro atoms. The van der Waals surface area contributed by atoms with Crippen LogP contribution in [0.15, 0.2) is 30.3 Å². The molecule has 6 heteroatoms. The minimum absolute atomic E-state index is 0.0719. The number of ketones is 1. The Bertz CT molecular complexity index is 758. The van der Waals surface area contributed by atoms with Gasteiger partial charge in [0.25, 0.3) is 11.7 Å². The van der Waals surface area contributed by atoms with E-state index in [1.54, 1.807) is 32.4 Å². The lowest BCUT2D eigenvalue weighted by atomic mass is 10.1. The molecule has 0 bridgehead atoms. The lowest BCUT2D eigenvalue weighted by Crippen LogP contribution is -2.42. The zero-order valence-corrected chi connectivity index (χ0v) is 14.7. The molecule has 24 heavy (non-hydrogen) atoms. The van der Waals surface area contributed by atoms with Crippen molar-refractivity contribution in [2.75, 3.05) is 13.6 Å². The second kappa shape index (κ2) is 6.57. The number of carbonyl (C=O) groups is 2. The van der Waals surface area contributed by atoms with Gasteiger partial charge in [0.15, 0.2) is 0 Å². The Morgan fingerprint density at radius 3 is 2.33 bits per heavy atom. The average Bonchev–Trinajstić information content (AvgIpc) is 2.80. The van der Waals surface area contributed by atoms with Gasteiger partial charge in [0.05, 0.1) is 28.2 Å². The van der Waals surface area contributed by atoms with Crippen LogP contribution >= 0.6 is 0 Å². The van der Waals surface area contributed by atoms with Crippen LogP contribution in [0.3, 0.4) is 0 Å². The van der Waals surface area contributed by atoms with Crippen LogP contribution < -0.4 is 0 Å². The lowest BCUT2D eigenvalue weighted by molar-refractivity contribution is -0.127. The molecule has 0 unspecified atom stereocenters. The van der Waals surface area contributed by atoms with E-state index in [2.05, 4.69) is 5.10 Å². The number of hydrogen-bond donors (Lipinski definition) is 1. The van der Waals surface area contributed by atoms with Crippen molar-refractivity contribution in [1.29, 1.82) is 0 Å². The maximum atomic E-state index is 12.6. The number of Topliss-reactive ketones (excluding diaryl/α,β-unsaturated/α-hetero) is 1. The number of likely N-dealkylation sites (N-methyl/N-ethyl adjacent to an activating group) is 1. The first-order valence-electron chi connectivity index (χ1n) is 7.75. The summed E-state index contributed by atoms with van der Waals surface area (Å²) in [5.41, 5.74) is 1.20. The molecule has 1 amide bonds. The number of benzene rings is 1. The zero-order chi connectivity index (χ0) is 18.1. The van der Waals surface area contributed by atoms with E-state index in [1.807, 2.05) is 30.3 Å². The SMILES string of the molecule is Cc1nn(-c2ccccc2)c(C)c1C(=O)C(=O)N(C)CC(C)(C)O. The van der Waals surface area contributed by atoms with E-state index in [-0.39, 0.29) is 6.54 Å². The number of hydrogen-bond acceptors (Lipinski definition) is 4. The number of amides is 1. The number of aromatic nitrogens is 2. The number of aryl methyl sites for hydroxylation is 1. The molecule has 2 rings (SSSR count). The van der Waals surface area contributed by atoms with Crippen molar-refractivity contribution in [2.24, 2.45) is 0 Å². The van der Waals surface area contributed by atoms with Crippen molar-refractivity contribution < 1.29 is 14.7 Å². The molecular formula is C18H23N3O3. The molecule has 128 valence electrons. The molecule has 0 aliphatic carbocycles. The van der Waals surface area contributed by atoms with Gasteiger partial charge in [-0.3, -0.25) is 9.59 Å². The first-order chi connectivity index (χ1) is 11.1. The van der Waals surface area contributed by atoms with Gasteiger partial charge in [-0.15, -0.1) is 0 Å². The highest BCUT2D eigenvalue weighted by Gasteiger charge is 2.29. The number of rotatable bonds is 5. The summed E-state index contributed by atoms with van der Waals surface area (Å²) < 4.78 is 1.66. The van der Waals surface area contributed by atoms with Crippen LogP contribution in [0.25, 0.3) is 5.69 Å². The van der Waals surface area contributed by atoms with Crippen LogP contribution in [0.4, 0.5) is 0 Å². The van der Waals surface area contributed by atoms with E-state index in [0.717, 1.165) is 5.69 Å². The Morgan fingerprint density at radius 2 is 1.79 bits per heavy atom. The molecule has 1 heterocycles. The lowest BCUT2D eigenvalue weighted by Gasteiger charge is -2.25. The molecule has 1 aromatic carbocycles. The molecule has 0 aliphatic heterocycles. The normalized spacial score (nSPS) is 11.4. The highest BCUT2D eigenvalue weighted by molar-refractivity contribution is 6.43. The van der Waals surface area contributed by atoms with Crippen molar-refractivity contribution in [2.45, 2.75) is 33.3 Å². The molecule has 0 radical (unpaired) electrons. The van der Waals surface area contributed by atoms with Gasteiger partial charge >= 0.3 is 0 Å². The molecule has 0 saturated heterocycles. The van der Waals surface area contributed by atoms with Crippen molar-refractivity contribution in [3.63, 3.8) is 0 Å². The predicted molar refractivity (Wildman–Crippen MR) is 91.3 cm³/mol. The third kappa shape index (κ3) is 3.71. The minimum atomic E-state index is -1.07. The fraction of sp³-hybridized carbons (Fsp3) is 0.389. The monoisotopic (exact) mass is 329 g/mol. The highest BCUT2D eigenvalue weighted by atomic mass is 16.3. The minimum Gasteiger partial charge on any atom is -0.389 e. The molecule has 1 N–H and O–H groups in total. The highest BCUT2D eigenvalue weighted by Crippen LogP contribution is 2.19. The Morgan fingerprint density at radius 1 is 1.21 bits per heavy atom. The van der Waals surface area contributed by atoms with Gasteiger partial charge in [0, 0.05) is 13.6 Å². The number of para-hydroxylation sites is 1. The number of carbonyl (C=O) groups excluding carboxylic acids is 2. The van der Waals surface area contributed by atoms with E-state index in [1.165, 1.54) is 11.9 Å². The third-order valence-corrected chi connectivity index (χ3v) is 3.68. The Hall–Kier alpha value is -2.47. The summed E-state index contributed by atoms with van der Waals surface area (Å²) in [7, 11) is 1.50. The van der Waals surface area contributed by atoms with E-state index in [9.17, 15) is 14.7 Å². The van der Waals surface area contributed by atoms with Crippen molar-refractivity contribution in [3.8, 4) is 5.69 Å². The molecular weight excluding hydrogens is 306 g/mol. The smallest absolute Gasteiger partial charge is 0.294 e. The van der Waals surface area contributed by atoms with E-state index < -0.39 is 17.3 Å². The molecule has 2 aromatic rings. The summed E-state index contributed by atoms with van der Waals surface area (Å²) in [5.74, 6) is -1.27. The predicted octanol–water partition coefficient (Wildman–Crippen LogP) is 1.90. The summed E-state index contributed by atoms with van der Waals surface area (Å²) in [6.45, 7) is 6.73.